The summed E-state index contributed by atoms with van der Waals surface area (Å²) in [6.45, 7) is 6.30. The molecule has 1 fully saturated rings. The fraction of sp³-hybridized carbons (Fsp3) is 0.455. The van der Waals surface area contributed by atoms with Gasteiger partial charge in [-0.05, 0) is 44.0 Å². The lowest BCUT2D eigenvalue weighted by Gasteiger charge is -2.22. The Morgan fingerprint density at radius 3 is 2.51 bits per heavy atom. The number of imidazole rings is 1. The summed E-state index contributed by atoms with van der Waals surface area (Å²) in [4.78, 5) is 4.53. The number of hydrogen-bond donors (Lipinski definition) is 4. The lowest BCUT2D eigenvalue weighted by Crippen LogP contribution is -2.29. The van der Waals surface area contributed by atoms with Crippen molar-refractivity contribution < 1.29 is 35.4 Å². The maximum Gasteiger partial charge on any atom is 0.573 e. The molecule has 0 bridgehead atoms. The van der Waals surface area contributed by atoms with Gasteiger partial charge in [0.15, 0.2) is 5.65 Å². The Morgan fingerprint density at radius 2 is 1.89 bits per heavy atom. The molecule has 2 aromatic heterocycles. The lowest BCUT2D eigenvalue weighted by atomic mass is 10.1. The van der Waals surface area contributed by atoms with Crippen LogP contribution in [0.3, 0.4) is 0 Å². The topological polar surface area (TPSA) is 138 Å². The second kappa shape index (κ2) is 12.3. The van der Waals surface area contributed by atoms with Gasteiger partial charge in [-0.15, -0.1) is 24.9 Å². The summed E-state index contributed by atoms with van der Waals surface area (Å²) in [5.74, 6) is 0.0125. The number of nitrogens with zero attached hydrogens (tertiary/aromatic N) is 3. The minimum absolute atomic E-state index is 0.160. The van der Waals surface area contributed by atoms with Crippen molar-refractivity contribution in [2.24, 2.45) is 0 Å². The summed E-state index contributed by atoms with van der Waals surface area (Å²) in [6.07, 6.45) is -0.807. The minimum Gasteiger partial charge on any atom is -0.405 e. The number of benzene rings is 1. The van der Waals surface area contributed by atoms with Gasteiger partial charge in [-0.25, -0.2) is 9.50 Å². The van der Waals surface area contributed by atoms with E-state index in [2.05, 4.69) is 34.2 Å². The molecule has 3 heterocycles. The van der Waals surface area contributed by atoms with E-state index in [0.717, 1.165) is 42.3 Å². The predicted octanol–water partition coefficient (Wildman–Crippen LogP) is 4.55. The standard InChI is InChI=1S/C22H26F3N5OS.H2O4S/c1-14(2)18-13-28-21-17(11-20(29-30(18)21)32-16-7-9-26-10-8-16)27-12-15-5-3-4-6-19(15)31-22(23,24)25;1-5(2,3)4/h3-6,11,13-14,16,26-27H,7-10,12H2,1-2H3;(H2,1,2,3,4). The van der Waals surface area contributed by atoms with Crippen molar-refractivity contribution in [2.45, 2.75) is 55.8 Å². The van der Waals surface area contributed by atoms with Crippen molar-refractivity contribution in [3.63, 3.8) is 0 Å². The summed E-state index contributed by atoms with van der Waals surface area (Å²) < 4.78 is 75.9. The molecule has 1 aromatic carbocycles. The number of fused-ring (bicyclic) bond motifs is 1. The van der Waals surface area contributed by atoms with Crippen molar-refractivity contribution in [2.75, 3.05) is 18.4 Å². The molecule has 0 amide bonds. The molecule has 0 atom stereocenters. The molecule has 1 aliphatic heterocycles. The molecule has 1 aliphatic rings. The van der Waals surface area contributed by atoms with Crippen molar-refractivity contribution >= 4 is 33.5 Å². The highest BCUT2D eigenvalue weighted by Gasteiger charge is 2.32. The number of anilines is 1. The van der Waals surface area contributed by atoms with Crippen LogP contribution in [0, 0.1) is 0 Å². The highest BCUT2D eigenvalue weighted by Crippen LogP contribution is 2.32. The van der Waals surface area contributed by atoms with Crippen molar-refractivity contribution in [1.82, 2.24) is 19.9 Å². The molecule has 10 nitrogen and oxygen atoms in total. The zero-order valence-corrected chi connectivity index (χ0v) is 21.7. The monoisotopic (exact) mass is 563 g/mol. The normalized spacial score (nSPS) is 14.9. The molecule has 4 rings (SSSR count). The van der Waals surface area contributed by atoms with Crippen LogP contribution >= 0.6 is 11.8 Å². The first kappa shape index (κ1) is 29.0. The van der Waals surface area contributed by atoms with Gasteiger partial charge >= 0.3 is 16.8 Å². The summed E-state index contributed by atoms with van der Waals surface area (Å²) in [7, 11) is -4.67. The number of para-hydroxylation sites is 1. The number of ether oxygens (including phenoxy) is 1. The van der Waals surface area contributed by atoms with Crippen LogP contribution in [0.15, 0.2) is 41.6 Å². The Bertz CT molecular complexity index is 1290. The Labute approximate surface area is 216 Å². The molecule has 15 heteroatoms. The fourth-order valence-corrected chi connectivity index (χ4v) is 4.82. The molecule has 0 radical (unpaired) electrons. The van der Waals surface area contributed by atoms with Gasteiger partial charge in [-0.1, -0.05) is 32.0 Å². The average Bonchev–Trinajstić information content (AvgIpc) is 3.21. The number of thioether (sulfide) groups is 1. The highest BCUT2D eigenvalue weighted by atomic mass is 32.3. The quantitative estimate of drug-likeness (QED) is 0.303. The maximum atomic E-state index is 12.8. The summed E-state index contributed by atoms with van der Waals surface area (Å²) in [5, 5.41) is 12.8. The predicted molar refractivity (Wildman–Crippen MR) is 133 cm³/mol. The maximum absolute atomic E-state index is 12.8. The van der Waals surface area contributed by atoms with E-state index in [1.165, 1.54) is 12.1 Å². The number of nitrogens with one attached hydrogen (secondary N) is 2. The molecular weight excluding hydrogens is 535 g/mol. The Balaban J connectivity index is 0.000000695. The van der Waals surface area contributed by atoms with Gasteiger partial charge in [-0.3, -0.25) is 9.11 Å². The Morgan fingerprint density at radius 1 is 1.24 bits per heavy atom. The molecule has 0 unspecified atom stereocenters. The van der Waals surface area contributed by atoms with Crippen LogP contribution in [0.4, 0.5) is 18.9 Å². The third-order valence-corrected chi connectivity index (χ3v) is 6.55. The van der Waals surface area contributed by atoms with Gasteiger partial charge < -0.3 is 15.4 Å². The number of piperidine rings is 1. The smallest absolute Gasteiger partial charge is 0.405 e. The van der Waals surface area contributed by atoms with E-state index in [-0.39, 0.29) is 18.2 Å². The third kappa shape index (κ3) is 9.34. The van der Waals surface area contributed by atoms with Gasteiger partial charge in [0, 0.05) is 17.4 Å². The largest absolute Gasteiger partial charge is 0.573 e. The average molecular weight is 564 g/mol. The molecular formula is C22H28F3N5O5S2. The number of aromatic nitrogens is 3. The number of rotatable bonds is 7. The summed E-state index contributed by atoms with van der Waals surface area (Å²) in [5.41, 5.74) is 2.77. The fourth-order valence-electron chi connectivity index (χ4n) is 3.69. The van der Waals surface area contributed by atoms with E-state index >= 15 is 0 Å². The second-order valence-electron chi connectivity index (χ2n) is 8.49. The number of hydrogen-bond acceptors (Lipinski definition) is 8. The SMILES string of the molecule is CC(C)c1cnc2c(NCc3ccccc3OC(F)(F)F)cc(SC3CCNCC3)nn12.O=S(=O)(O)O. The van der Waals surface area contributed by atoms with Crippen LogP contribution in [0.5, 0.6) is 5.75 Å². The van der Waals surface area contributed by atoms with Crippen molar-refractivity contribution in [1.29, 1.82) is 0 Å². The van der Waals surface area contributed by atoms with Crippen LogP contribution in [0.1, 0.15) is 43.9 Å². The van der Waals surface area contributed by atoms with Gasteiger partial charge in [0.05, 0.1) is 17.6 Å². The van der Waals surface area contributed by atoms with E-state index in [0.29, 0.717) is 16.5 Å². The van der Waals surface area contributed by atoms with Gasteiger partial charge in [0.1, 0.15) is 10.8 Å². The van der Waals surface area contributed by atoms with E-state index in [1.54, 1.807) is 30.1 Å². The second-order valence-corrected chi connectivity index (χ2v) is 10.7. The van der Waals surface area contributed by atoms with Crippen LogP contribution < -0.4 is 15.4 Å². The lowest BCUT2D eigenvalue weighted by molar-refractivity contribution is -0.274. The van der Waals surface area contributed by atoms with E-state index in [4.69, 9.17) is 22.6 Å². The van der Waals surface area contributed by atoms with Crippen molar-refractivity contribution in [3.05, 3.63) is 47.8 Å². The Kier molecular flexibility index (Phi) is 9.63. The number of alkyl halides is 3. The zero-order valence-electron chi connectivity index (χ0n) is 20.1. The molecule has 204 valence electrons. The molecule has 0 saturated carbocycles. The molecule has 1 saturated heterocycles. The first-order chi connectivity index (χ1) is 17.3. The van der Waals surface area contributed by atoms with E-state index in [9.17, 15) is 13.2 Å². The molecule has 3 aromatic rings. The molecule has 37 heavy (non-hydrogen) atoms. The van der Waals surface area contributed by atoms with Gasteiger partial charge in [0.25, 0.3) is 0 Å². The Hall–Kier alpha value is -2.59. The molecule has 4 N–H and O–H groups in total. The molecule has 0 aliphatic carbocycles. The third-order valence-electron chi connectivity index (χ3n) is 5.30. The van der Waals surface area contributed by atoms with Crippen LogP contribution in [0.2, 0.25) is 0 Å². The summed E-state index contributed by atoms with van der Waals surface area (Å²) >= 11 is 1.74. The van der Waals surface area contributed by atoms with Gasteiger partial charge in [0.2, 0.25) is 0 Å². The minimum atomic E-state index is -4.74. The zero-order chi connectivity index (χ0) is 27.2. The first-order valence-corrected chi connectivity index (χ1v) is 13.6. The molecule has 0 spiro atoms. The summed E-state index contributed by atoms with van der Waals surface area (Å²) in [6, 6.07) is 8.08. The van der Waals surface area contributed by atoms with E-state index < -0.39 is 16.8 Å². The van der Waals surface area contributed by atoms with Crippen molar-refractivity contribution in [3.8, 4) is 5.75 Å². The van der Waals surface area contributed by atoms with E-state index in [1.807, 2.05) is 10.6 Å². The van der Waals surface area contributed by atoms with Crippen LogP contribution in [0.25, 0.3) is 5.65 Å². The van der Waals surface area contributed by atoms with Crippen LogP contribution in [-0.4, -0.2) is 56.8 Å². The van der Waals surface area contributed by atoms with Crippen LogP contribution in [-0.2, 0) is 16.9 Å². The number of halogens is 3. The first-order valence-electron chi connectivity index (χ1n) is 11.3. The van der Waals surface area contributed by atoms with Gasteiger partial charge in [-0.2, -0.15) is 13.5 Å². The highest BCUT2D eigenvalue weighted by molar-refractivity contribution is 7.99.